The van der Waals surface area contributed by atoms with Gasteiger partial charge in [-0.25, -0.2) is 4.98 Å². The molecule has 5 heteroatoms. The molecular formula is C14H8N2S3. The van der Waals surface area contributed by atoms with Crippen molar-refractivity contribution in [1.29, 1.82) is 0 Å². The smallest absolute Gasteiger partial charge is 0.144 e. The summed E-state index contributed by atoms with van der Waals surface area (Å²) in [4.78, 5) is 8.14. The second-order valence-corrected chi connectivity index (χ2v) is 6.68. The van der Waals surface area contributed by atoms with Crippen molar-refractivity contribution in [3.05, 3.63) is 47.2 Å². The lowest BCUT2D eigenvalue weighted by Crippen LogP contribution is -1.79. The number of hydrogen-bond acceptors (Lipinski definition) is 5. The Kier molecular flexibility index (Phi) is 2.69. The molecule has 4 rings (SSSR count). The number of rotatable bonds is 2. The lowest BCUT2D eigenvalue weighted by molar-refractivity contribution is 1.45. The Balaban J connectivity index is 1.89. The molecule has 0 radical (unpaired) electrons. The zero-order valence-corrected chi connectivity index (χ0v) is 12.2. The molecule has 0 aliphatic heterocycles. The molecule has 92 valence electrons. The maximum Gasteiger partial charge on any atom is 0.144 e. The van der Waals surface area contributed by atoms with Gasteiger partial charge in [0, 0.05) is 5.39 Å². The van der Waals surface area contributed by atoms with Gasteiger partial charge < -0.3 is 0 Å². The van der Waals surface area contributed by atoms with Crippen LogP contribution in [-0.2, 0) is 0 Å². The van der Waals surface area contributed by atoms with Crippen LogP contribution in [0.4, 0.5) is 0 Å². The minimum absolute atomic E-state index is 1.01. The summed E-state index contributed by atoms with van der Waals surface area (Å²) in [5, 5.41) is 5.30. The van der Waals surface area contributed by atoms with E-state index in [9.17, 15) is 0 Å². The summed E-state index contributed by atoms with van der Waals surface area (Å²) in [6.45, 7) is 0. The third-order valence-electron chi connectivity index (χ3n) is 2.87. The maximum atomic E-state index is 4.72. The number of aromatic nitrogens is 2. The van der Waals surface area contributed by atoms with Gasteiger partial charge in [-0.3, -0.25) is 0 Å². The molecule has 0 spiro atoms. The Morgan fingerprint density at radius 2 is 1.63 bits per heavy atom. The molecule has 0 unspecified atom stereocenters. The number of fused-ring (bicyclic) bond motifs is 1. The van der Waals surface area contributed by atoms with E-state index < -0.39 is 0 Å². The van der Waals surface area contributed by atoms with Crippen LogP contribution in [0.15, 0.2) is 47.2 Å². The van der Waals surface area contributed by atoms with Crippen LogP contribution in [0, 0.1) is 0 Å². The molecule has 4 aromatic heterocycles. The summed E-state index contributed by atoms with van der Waals surface area (Å²) in [6, 6.07) is 12.5. The lowest BCUT2D eigenvalue weighted by Gasteiger charge is -1.97. The molecule has 0 atom stereocenters. The second kappa shape index (κ2) is 4.52. The SMILES string of the molecule is c1csc(-c2ccc3c(-c4cccs4)nsc3n2)c1. The van der Waals surface area contributed by atoms with Crippen molar-refractivity contribution in [1.82, 2.24) is 9.36 Å². The molecule has 2 nitrogen and oxygen atoms in total. The topological polar surface area (TPSA) is 25.8 Å². The Hall–Kier alpha value is -1.56. The van der Waals surface area contributed by atoms with Gasteiger partial charge in [-0.15, -0.1) is 22.7 Å². The van der Waals surface area contributed by atoms with Crippen LogP contribution in [0.1, 0.15) is 0 Å². The normalized spacial score (nSPS) is 11.2. The van der Waals surface area contributed by atoms with E-state index in [1.54, 1.807) is 22.7 Å². The monoisotopic (exact) mass is 300 g/mol. The fourth-order valence-corrected chi connectivity index (χ4v) is 4.24. The molecule has 19 heavy (non-hydrogen) atoms. The molecule has 0 aliphatic carbocycles. The fourth-order valence-electron chi connectivity index (χ4n) is 1.98. The first kappa shape index (κ1) is 11.3. The predicted molar refractivity (Wildman–Crippen MR) is 84.0 cm³/mol. The van der Waals surface area contributed by atoms with E-state index in [4.69, 9.17) is 4.98 Å². The van der Waals surface area contributed by atoms with Gasteiger partial charge in [0.25, 0.3) is 0 Å². The van der Waals surface area contributed by atoms with E-state index in [2.05, 4.69) is 51.5 Å². The van der Waals surface area contributed by atoms with Gasteiger partial charge in [0.1, 0.15) is 10.5 Å². The van der Waals surface area contributed by atoms with Crippen molar-refractivity contribution in [2.24, 2.45) is 0 Å². The number of nitrogens with zero attached hydrogens (tertiary/aromatic N) is 2. The highest BCUT2D eigenvalue weighted by Gasteiger charge is 2.11. The van der Waals surface area contributed by atoms with Crippen molar-refractivity contribution in [3.8, 4) is 21.1 Å². The molecule has 0 fully saturated rings. The van der Waals surface area contributed by atoms with Crippen molar-refractivity contribution in [2.45, 2.75) is 0 Å². The Morgan fingerprint density at radius 3 is 2.37 bits per heavy atom. The molecule has 4 heterocycles. The molecule has 0 amide bonds. The summed E-state index contributed by atoms with van der Waals surface area (Å²) in [7, 11) is 0. The average molecular weight is 300 g/mol. The van der Waals surface area contributed by atoms with Crippen LogP contribution in [0.5, 0.6) is 0 Å². The van der Waals surface area contributed by atoms with Gasteiger partial charge in [-0.05, 0) is 46.6 Å². The van der Waals surface area contributed by atoms with E-state index in [0.717, 1.165) is 21.6 Å². The fraction of sp³-hybridized carbons (Fsp3) is 0. The van der Waals surface area contributed by atoms with Crippen molar-refractivity contribution >= 4 is 44.4 Å². The van der Waals surface area contributed by atoms with Gasteiger partial charge in [0.15, 0.2) is 0 Å². The van der Waals surface area contributed by atoms with E-state index in [1.165, 1.54) is 21.3 Å². The van der Waals surface area contributed by atoms with Crippen LogP contribution in [-0.4, -0.2) is 9.36 Å². The number of pyridine rings is 1. The number of hydrogen-bond donors (Lipinski definition) is 0. The van der Waals surface area contributed by atoms with Crippen LogP contribution >= 0.6 is 34.2 Å². The Labute approximate surface area is 122 Å². The highest BCUT2D eigenvalue weighted by Crippen LogP contribution is 2.34. The van der Waals surface area contributed by atoms with E-state index in [-0.39, 0.29) is 0 Å². The van der Waals surface area contributed by atoms with Gasteiger partial charge in [-0.2, -0.15) is 4.37 Å². The van der Waals surface area contributed by atoms with Crippen LogP contribution in [0.2, 0.25) is 0 Å². The Bertz CT molecular complexity index is 814. The molecule has 4 aromatic rings. The summed E-state index contributed by atoms with van der Waals surface area (Å²) in [6.07, 6.45) is 0. The third-order valence-corrected chi connectivity index (χ3v) is 5.39. The molecule has 0 saturated heterocycles. The van der Waals surface area contributed by atoms with Crippen LogP contribution in [0.3, 0.4) is 0 Å². The van der Waals surface area contributed by atoms with E-state index in [0.29, 0.717) is 0 Å². The molecule has 0 bridgehead atoms. The van der Waals surface area contributed by atoms with E-state index in [1.807, 2.05) is 0 Å². The first-order valence-electron chi connectivity index (χ1n) is 5.76. The standard InChI is InChI=1S/C14H8N2S3/c1-3-11(17-7-1)10-6-5-9-13(12-4-2-8-18-12)16-19-14(9)15-10/h1-8H. The largest absolute Gasteiger partial charge is 0.234 e. The van der Waals surface area contributed by atoms with Crippen molar-refractivity contribution in [3.63, 3.8) is 0 Å². The zero-order chi connectivity index (χ0) is 12.7. The quantitative estimate of drug-likeness (QED) is 0.512. The van der Waals surface area contributed by atoms with Crippen LogP contribution in [0.25, 0.3) is 31.4 Å². The summed E-state index contributed by atoms with van der Waals surface area (Å²) in [5.41, 5.74) is 2.09. The predicted octanol–water partition coefficient (Wildman–Crippen LogP) is 5.15. The highest BCUT2D eigenvalue weighted by atomic mass is 32.1. The minimum atomic E-state index is 1.01. The van der Waals surface area contributed by atoms with Gasteiger partial charge in [-0.1, -0.05) is 12.1 Å². The van der Waals surface area contributed by atoms with Gasteiger partial charge in [0.2, 0.25) is 0 Å². The maximum absolute atomic E-state index is 4.72. The van der Waals surface area contributed by atoms with Gasteiger partial charge in [0.05, 0.1) is 15.4 Å². The summed E-state index contributed by atoms with van der Waals surface area (Å²) >= 11 is 4.90. The second-order valence-electron chi connectivity index (χ2n) is 4.03. The van der Waals surface area contributed by atoms with Crippen LogP contribution < -0.4 is 0 Å². The molecule has 0 aromatic carbocycles. The van der Waals surface area contributed by atoms with Crippen molar-refractivity contribution < 1.29 is 0 Å². The third kappa shape index (κ3) is 1.90. The van der Waals surface area contributed by atoms with Gasteiger partial charge >= 0.3 is 0 Å². The first-order valence-corrected chi connectivity index (χ1v) is 8.29. The summed E-state index contributed by atoms with van der Waals surface area (Å²) in [5.74, 6) is 0. The molecule has 0 aliphatic rings. The molecule has 0 N–H and O–H groups in total. The highest BCUT2D eigenvalue weighted by molar-refractivity contribution is 7.15. The minimum Gasteiger partial charge on any atom is -0.234 e. The zero-order valence-electron chi connectivity index (χ0n) is 9.74. The lowest BCUT2D eigenvalue weighted by atomic mass is 10.2. The van der Waals surface area contributed by atoms with E-state index >= 15 is 0 Å². The molecular weight excluding hydrogens is 292 g/mol. The number of thiophene rings is 2. The average Bonchev–Trinajstić information content (AvgIpc) is 3.18. The molecule has 0 saturated carbocycles. The summed E-state index contributed by atoms with van der Waals surface area (Å²) < 4.78 is 4.55. The first-order chi connectivity index (χ1) is 9.42. The van der Waals surface area contributed by atoms with Crippen molar-refractivity contribution in [2.75, 3.05) is 0 Å². The Morgan fingerprint density at radius 1 is 0.842 bits per heavy atom.